The largest absolute Gasteiger partial charge is 0.353 e. The summed E-state index contributed by atoms with van der Waals surface area (Å²) in [5.41, 5.74) is 2.14. The van der Waals surface area contributed by atoms with Crippen LogP contribution in [-0.4, -0.2) is 29.5 Å². The van der Waals surface area contributed by atoms with Gasteiger partial charge in [-0.05, 0) is 5.56 Å². The Morgan fingerprint density at radius 1 is 1.33 bits per heavy atom. The SMILES string of the molecule is C=CCNC(=NC)NCc1ncc(-c2ccccc2)[nH]1.I. The maximum Gasteiger partial charge on any atom is 0.191 e. The number of aromatic nitrogens is 2. The van der Waals surface area contributed by atoms with Gasteiger partial charge in [0, 0.05) is 13.6 Å². The molecule has 1 aromatic carbocycles. The van der Waals surface area contributed by atoms with E-state index in [1.54, 1.807) is 13.1 Å². The summed E-state index contributed by atoms with van der Waals surface area (Å²) in [6, 6.07) is 10.1. The van der Waals surface area contributed by atoms with E-state index in [0.29, 0.717) is 13.1 Å². The van der Waals surface area contributed by atoms with Gasteiger partial charge in [-0.15, -0.1) is 30.6 Å². The highest BCUT2D eigenvalue weighted by molar-refractivity contribution is 14.0. The Balaban J connectivity index is 0.00000220. The minimum atomic E-state index is 0. The molecule has 0 fully saturated rings. The molecular weight excluding hydrogens is 377 g/mol. The van der Waals surface area contributed by atoms with Crippen LogP contribution in [0.3, 0.4) is 0 Å². The number of aromatic amines is 1. The van der Waals surface area contributed by atoms with E-state index in [0.717, 1.165) is 23.0 Å². The molecule has 0 atom stereocenters. The molecule has 5 nitrogen and oxygen atoms in total. The van der Waals surface area contributed by atoms with Gasteiger partial charge in [-0.25, -0.2) is 4.98 Å². The third-order valence-corrected chi connectivity index (χ3v) is 2.77. The maximum atomic E-state index is 4.36. The Bertz CT molecular complexity index is 577. The summed E-state index contributed by atoms with van der Waals surface area (Å²) < 4.78 is 0. The number of hydrogen-bond acceptors (Lipinski definition) is 2. The zero-order valence-corrected chi connectivity index (χ0v) is 14.3. The normalized spacial score (nSPS) is 10.6. The van der Waals surface area contributed by atoms with E-state index in [9.17, 15) is 0 Å². The Labute approximate surface area is 142 Å². The number of aliphatic imine (C=N–C) groups is 1. The van der Waals surface area contributed by atoms with Crippen molar-refractivity contribution in [3.63, 3.8) is 0 Å². The number of hydrogen-bond donors (Lipinski definition) is 3. The first kappa shape index (κ1) is 17.2. The maximum absolute atomic E-state index is 4.36. The van der Waals surface area contributed by atoms with Crippen molar-refractivity contribution in [1.82, 2.24) is 20.6 Å². The Morgan fingerprint density at radius 3 is 2.76 bits per heavy atom. The van der Waals surface area contributed by atoms with Crippen molar-refractivity contribution >= 4 is 29.9 Å². The fourth-order valence-electron chi connectivity index (χ4n) is 1.77. The molecule has 1 heterocycles. The predicted octanol–water partition coefficient (Wildman–Crippen LogP) is 2.55. The van der Waals surface area contributed by atoms with Crippen molar-refractivity contribution in [2.45, 2.75) is 6.54 Å². The van der Waals surface area contributed by atoms with Crippen LogP contribution in [-0.2, 0) is 6.54 Å². The van der Waals surface area contributed by atoms with Crippen molar-refractivity contribution in [3.05, 3.63) is 55.0 Å². The van der Waals surface area contributed by atoms with E-state index in [1.807, 2.05) is 24.4 Å². The van der Waals surface area contributed by atoms with Crippen LogP contribution in [0.2, 0.25) is 0 Å². The molecule has 0 spiro atoms. The number of guanidine groups is 1. The lowest BCUT2D eigenvalue weighted by molar-refractivity contribution is 0.806. The van der Waals surface area contributed by atoms with Crippen molar-refractivity contribution < 1.29 is 0 Å². The second kappa shape index (κ2) is 9.17. The monoisotopic (exact) mass is 397 g/mol. The topological polar surface area (TPSA) is 65.1 Å². The summed E-state index contributed by atoms with van der Waals surface area (Å²) in [5, 5.41) is 6.29. The fourth-order valence-corrected chi connectivity index (χ4v) is 1.77. The Kier molecular flexibility index (Phi) is 7.52. The zero-order valence-electron chi connectivity index (χ0n) is 12.0. The molecule has 0 saturated heterocycles. The smallest absolute Gasteiger partial charge is 0.191 e. The molecule has 6 heteroatoms. The summed E-state index contributed by atoms with van der Waals surface area (Å²) in [7, 11) is 1.73. The predicted molar refractivity (Wildman–Crippen MR) is 97.8 cm³/mol. The van der Waals surface area contributed by atoms with E-state index in [-0.39, 0.29) is 24.0 Å². The zero-order chi connectivity index (χ0) is 14.2. The van der Waals surface area contributed by atoms with E-state index >= 15 is 0 Å². The summed E-state index contributed by atoms with van der Waals surface area (Å²) in [4.78, 5) is 11.8. The fraction of sp³-hybridized carbons (Fsp3) is 0.200. The van der Waals surface area contributed by atoms with Gasteiger partial charge < -0.3 is 15.6 Å². The highest BCUT2D eigenvalue weighted by Gasteiger charge is 2.03. The number of halogens is 1. The number of imidazole rings is 1. The second-order valence-electron chi connectivity index (χ2n) is 4.20. The minimum Gasteiger partial charge on any atom is -0.353 e. The first-order chi connectivity index (χ1) is 9.83. The molecule has 0 aliphatic heterocycles. The number of nitrogens with one attached hydrogen (secondary N) is 3. The molecule has 21 heavy (non-hydrogen) atoms. The van der Waals surface area contributed by atoms with Gasteiger partial charge in [-0.1, -0.05) is 36.4 Å². The van der Waals surface area contributed by atoms with Crippen LogP contribution in [0.25, 0.3) is 11.3 Å². The van der Waals surface area contributed by atoms with Crippen LogP contribution in [0.1, 0.15) is 5.82 Å². The summed E-state index contributed by atoms with van der Waals surface area (Å²) in [6.07, 6.45) is 3.62. The highest BCUT2D eigenvalue weighted by atomic mass is 127. The van der Waals surface area contributed by atoms with Crippen LogP contribution in [0.4, 0.5) is 0 Å². The van der Waals surface area contributed by atoms with Crippen LogP contribution in [0.15, 0.2) is 54.2 Å². The molecular formula is C15H20IN5. The van der Waals surface area contributed by atoms with Gasteiger partial charge in [0.15, 0.2) is 5.96 Å². The molecule has 0 aliphatic rings. The van der Waals surface area contributed by atoms with Crippen LogP contribution in [0.5, 0.6) is 0 Å². The van der Waals surface area contributed by atoms with Crippen molar-refractivity contribution in [1.29, 1.82) is 0 Å². The van der Waals surface area contributed by atoms with Crippen LogP contribution in [0, 0.1) is 0 Å². The third-order valence-electron chi connectivity index (χ3n) is 2.77. The molecule has 0 saturated carbocycles. The van der Waals surface area contributed by atoms with Gasteiger partial charge in [-0.2, -0.15) is 0 Å². The molecule has 2 aromatic rings. The summed E-state index contributed by atoms with van der Waals surface area (Å²) in [5.74, 6) is 1.59. The number of H-pyrrole nitrogens is 1. The number of nitrogens with zero attached hydrogens (tertiary/aromatic N) is 2. The molecule has 0 aliphatic carbocycles. The van der Waals surface area contributed by atoms with E-state index in [4.69, 9.17) is 0 Å². The van der Waals surface area contributed by atoms with Gasteiger partial charge in [-0.3, -0.25) is 4.99 Å². The van der Waals surface area contributed by atoms with E-state index in [2.05, 4.69) is 44.3 Å². The van der Waals surface area contributed by atoms with Crippen molar-refractivity contribution in [2.24, 2.45) is 4.99 Å². The minimum absolute atomic E-state index is 0. The summed E-state index contributed by atoms with van der Waals surface area (Å²) >= 11 is 0. The van der Waals surface area contributed by atoms with Crippen LogP contribution >= 0.6 is 24.0 Å². The second-order valence-corrected chi connectivity index (χ2v) is 4.20. The molecule has 0 radical (unpaired) electrons. The van der Waals surface area contributed by atoms with Crippen molar-refractivity contribution in [2.75, 3.05) is 13.6 Å². The molecule has 2 rings (SSSR count). The molecule has 3 N–H and O–H groups in total. The first-order valence-corrected chi connectivity index (χ1v) is 6.48. The van der Waals surface area contributed by atoms with Gasteiger partial charge in [0.1, 0.15) is 5.82 Å². The van der Waals surface area contributed by atoms with E-state index < -0.39 is 0 Å². The van der Waals surface area contributed by atoms with Gasteiger partial charge in [0.25, 0.3) is 0 Å². The van der Waals surface area contributed by atoms with Gasteiger partial charge in [0.05, 0.1) is 18.4 Å². The molecule has 1 aromatic heterocycles. The molecule has 0 bridgehead atoms. The standard InChI is InChI=1S/C15H19N5.HI/c1-3-9-17-15(16-2)19-11-14-18-10-13(20-14)12-7-5-4-6-8-12;/h3-8,10H,1,9,11H2,2H3,(H,18,20)(H2,16,17,19);1H. The Hall–Kier alpha value is -1.83. The first-order valence-electron chi connectivity index (χ1n) is 6.48. The third kappa shape index (κ3) is 5.22. The number of rotatable bonds is 5. The lowest BCUT2D eigenvalue weighted by atomic mass is 10.2. The lowest BCUT2D eigenvalue weighted by Gasteiger charge is -2.08. The van der Waals surface area contributed by atoms with E-state index in [1.165, 1.54) is 0 Å². The molecule has 0 amide bonds. The molecule has 112 valence electrons. The van der Waals surface area contributed by atoms with Gasteiger partial charge >= 0.3 is 0 Å². The van der Waals surface area contributed by atoms with Crippen LogP contribution < -0.4 is 10.6 Å². The lowest BCUT2D eigenvalue weighted by Crippen LogP contribution is -2.37. The average Bonchev–Trinajstić information content (AvgIpc) is 2.97. The van der Waals surface area contributed by atoms with Crippen molar-refractivity contribution in [3.8, 4) is 11.3 Å². The Morgan fingerprint density at radius 2 is 2.10 bits per heavy atom. The molecule has 0 unspecified atom stereocenters. The highest BCUT2D eigenvalue weighted by Crippen LogP contribution is 2.15. The number of benzene rings is 1. The quantitative estimate of drug-likeness (QED) is 0.315. The summed E-state index contributed by atoms with van der Waals surface area (Å²) in [6.45, 7) is 4.92. The average molecular weight is 397 g/mol. The van der Waals surface area contributed by atoms with Gasteiger partial charge in [0.2, 0.25) is 0 Å².